The number of anilines is 4. The van der Waals surface area contributed by atoms with Gasteiger partial charge in [-0.1, -0.05) is 35.3 Å². The normalized spacial score (nSPS) is 20.4. The molecule has 450 valence electrons. The quantitative estimate of drug-likeness (QED) is 0.105. The third-order valence-electron chi connectivity index (χ3n) is 17.6. The number of benzene rings is 4. The number of piperazine rings is 2. The molecule has 4 atom stereocenters. The van der Waals surface area contributed by atoms with Crippen molar-refractivity contribution in [3.63, 3.8) is 0 Å². The number of hydrogen-bond donors (Lipinski definition) is 3. The average Bonchev–Trinajstić information content (AvgIpc) is 1.87. The Kier molecular flexibility index (Phi) is 15.3. The summed E-state index contributed by atoms with van der Waals surface area (Å²) in [5.74, 6) is 0.757. The number of hydroxylamine groups is 2. The molecular weight excluding hydrogens is 1130 g/mol. The number of aliphatic hydroxyl groups excluding tert-OH is 1. The number of hydrogen-bond acceptors (Lipinski definition) is 17. The first-order valence-corrected chi connectivity index (χ1v) is 29.8. The summed E-state index contributed by atoms with van der Waals surface area (Å²) in [5, 5.41) is 30.1. The molecule has 0 spiro atoms. The lowest BCUT2D eigenvalue weighted by atomic mass is 9.93. The highest BCUT2D eigenvalue weighted by Crippen LogP contribution is 2.47. The number of ether oxygens (including phenoxy) is 1. The minimum atomic E-state index is -0.657. The first-order chi connectivity index (χ1) is 40.4. The van der Waals surface area contributed by atoms with Gasteiger partial charge in [0, 0.05) is 126 Å². The Hall–Kier alpha value is -6.79. The van der Waals surface area contributed by atoms with Crippen LogP contribution in [-0.2, 0) is 22.8 Å². The van der Waals surface area contributed by atoms with E-state index in [2.05, 4.69) is 58.5 Å². The Morgan fingerprint density at radius 3 is 1.58 bits per heavy atom. The molecule has 1 amide bonds. The molecule has 4 fully saturated rings. The van der Waals surface area contributed by atoms with Crippen molar-refractivity contribution in [3.05, 3.63) is 80.6 Å². The number of halogens is 4. The number of amides is 1. The minimum absolute atomic E-state index is 0.0388. The zero-order valence-electron chi connectivity index (χ0n) is 50.4. The van der Waals surface area contributed by atoms with Crippen LogP contribution in [0, 0.1) is 25.5 Å². The van der Waals surface area contributed by atoms with Crippen LogP contribution in [0.3, 0.4) is 0 Å². The SMILES string of the molecule is Cc1ccc2[nH]nc(CO)c2c1-c1c(Cl)cc2c(N3C[C@@H](C)N(OCc4n[nH]c5ccc(C)c(-c6c(Cl)cc7c(N8C[C@@H](C)N(C(=O)OC(C)(C)C)C[C@@H]8C)nc(N8CC(N(C)C)C8)nc7c6F)c45)C[C@@H]3C)nc(N3CC(N(C)C)C3)nc2c1F. The molecule has 4 aliphatic rings. The van der Waals surface area contributed by atoms with Crippen LogP contribution in [0.1, 0.15) is 71.0 Å². The summed E-state index contributed by atoms with van der Waals surface area (Å²) in [6.45, 7) is 21.6. The number of likely N-dealkylation sites (N-methyl/N-ethyl adjacent to an activating group) is 2. The molecule has 4 aromatic carbocycles. The maximum atomic E-state index is 18.2. The number of aliphatic hydroxyl groups is 1. The van der Waals surface area contributed by atoms with Gasteiger partial charge >= 0.3 is 6.09 Å². The lowest BCUT2D eigenvalue weighted by Crippen LogP contribution is -2.59. The van der Waals surface area contributed by atoms with Crippen LogP contribution in [0.4, 0.5) is 37.1 Å². The van der Waals surface area contributed by atoms with E-state index < -0.39 is 17.2 Å². The molecule has 85 heavy (non-hydrogen) atoms. The van der Waals surface area contributed by atoms with Crippen LogP contribution in [0.5, 0.6) is 0 Å². The van der Waals surface area contributed by atoms with Gasteiger partial charge in [0.15, 0.2) is 11.6 Å². The first-order valence-electron chi connectivity index (χ1n) is 29.1. The van der Waals surface area contributed by atoms with Gasteiger partial charge in [0.05, 0.1) is 45.1 Å². The predicted octanol–water partition coefficient (Wildman–Crippen LogP) is 9.72. The molecule has 24 heteroatoms. The van der Waals surface area contributed by atoms with Crippen LogP contribution in [-0.4, -0.2) is 194 Å². The van der Waals surface area contributed by atoms with Crippen molar-refractivity contribution in [3.8, 4) is 22.3 Å². The smallest absolute Gasteiger partial charge is 0.410 e. The van der Waals surface area contributed by atoms with Crippen molar-refractivity contribution in [2.45, 2.75) is 117 Å². The van der Waals surface area contributed by atoms with Crippen molar-refractivity contribution < 1.29 is 28.3 Å². The largest absolute Gasteiger partial charge is 0.444 e. The second kappa shape index (κ2) is 22.2. The predicted molar refractivity (Wildman–Crippen MR) is 331 cm³/mol. The number of H-pyrrole nitrogens is 2. The van der Waals surface area contributed by atoms with Gasteiger partial charge < -0.3 is 44.1 Å². The van der Waals surface area contributed by atoms with Crippen molar-refractivity contribution in [1.82, 2.24) is 60.1 Å². The molecule has 0 bridgehead atoms. The van der Waals surface area contributed by atoms with Gasteiger partial charge in [0.1, 0.15) is 34.9 Å². The van der Waals surface area contributed by atoms with Gasteiger partial charge in [-0.3, -0.25) is 15.0 Å². The number of carbonyl (C=O) groups is 1. The monoisotopic (exact) mass is 1200 g/mol. The van der Waals surface area contributed by atoms with E-state index >= 15 is 8.78 Å². The summed E-state index contributed by atoms with van der Waals surface area (Å²) in [5.41, 5.74) is 4.90. The fourth-order valence-electron chi connectivity index (χ4n) is 12.5. The molecule has 3 N–H and O–H groups in total. The Morgan fingerprint density at radius 2 is 1.11 bits per heavy atom. The number of aromatic nitrogens is 8. The van der Waals surface area contributed by atoms with E-state index in [-0.39, 0.29) is 87.8 Å². The van der Waals surface area contributed by atoms with Crippen LogP contribution in [0.15, 0.2) is 36.4 Å². The molecule has 4 saturated heterocycles. The molecule has 8 aromatic rings. The van der Waals surface area contributed by atoms with Crippen LogP contribution in [0.2, 0.25) is 10.0 Å². The molecule has 4 aliphatic heterocycles. The molecule has 8 heterocycles. The number of aromatic amines is 2. The van der Waals surface area contributed by atoms with Gasteiger partial charge in [0.25, 0.3) is 0 Å². The first kappa shape index (κ1) is 58.6. The van der Waals surface area contributed by atoms with Crippen molar-refractivity contribution in [2.24, 2.45) is 0 Å². The third kappa shape index (κ3) is 10.4. The highest BCUT2D eigenvalue weighted by molar-refractivity contribution is 6.35. The molecule has 4 aromatic heterocycles. The maximum absolute atomic E-state index is 18.2. The summed E-state index contributed by atoms with van der Waals surface area (Å²) >= 11 is 14.6. The lowest BCUT2D eigenvalue weighted by molar-refractivity contribution is -0.201. The van der Waals surface area contributed by atoms with Crippen LogP contribution >= 0.6 is 23.2 Å². The second-order valence-corrected chi connectivity index (χ2v) is 26.0. The summed E-state index contributed by atoms with van der Waals surface area (Å²) in [6, 6.07) is 10.8. The molecule has 0 aliphatic carbocycles. The number of nitrogens with zero attached hydrogens (tertiary/aromatic N) is 14. The minimum Gasteiger partial charge on any atom is -0.444 e. The van der Waals surface area contributed by atoms with Crippen molar-refractivity contribution in [2.75, 3.05) is 100 Å². The molecular formula is C61H74Cl2F2N16O4. The fraction of sp³-hybridized carbons (Fsp3) is 0.492. The van der Waals surface area contributed by atoms with E-state index in [0.29, 0.717) is 131 Å². The van der Waals surface area contributed by atoms with Crippen molar-refractivity contribution >= 4 is 96.4 Å². The highest BCUT2D eigenvalue weighted by Gasteiger charge is 2.40. The van der Waals surface area contributed by atoms with E-state index in [1.165, 1.54) is 0 Å². The Bertz CT molecular complexity index is 3940. The van der Waals surface area contributed by atoms with Gasteiger partial charge in [-0.15, -0.1) is 0 Å². The third-order valence-corrected chi connectivity index (χ3v) is 18.2. The van der Waals surface area contributed by atoms with Gasteiger partial charge in [-0.05, 0) is 126 Å². The number of nitrogens with one attached hydrogen (secondary N) is 2. The second-order valence-electron chi connectivity index (χ2n) is 25.2. The zero-order valence-corrected chi connectivity index (χ0v) is 52.0. The van der Waals surface area contributed by atoms with Crippen molar-refractivity contribution in [1.29, 1.82) is 0 Å². The molecule has 0 radical (unpaired) electrons. The lowest BCUT2D eigenvalue weighted by Gasteiger charge is -2.46. The van der Waals surface area contributed by atoms with Crippen LogP contribution < -0.4 is 19.6 Å². The standard InChI is InChI=1S/C61H74Cl2F2N16O4/c1-30-14-16-42-50(44(28-82)72-70-42)46(30)48-40(62)19-39-55(52(48)64)67-59(77-26-37(27-77)75(12)13)69-57(39)79-22-35(6)81(23-34(79)5)84-29-45-51-43(71-73-45)17-15-31(2)47(51)49-41(63)18-38-54(53(49)65)66-58(76-24-36(25-76)74(10)11)68-56(38)78-20-33(4)80(21-32(78)3)60(83)85-61(7,8)9/h14-19,32-37,82H,20-29H2,1-13H3,(H,70,72)(H,71,73)/t32-,33+,34-,35+/m0/s1. The number of fused-ring (bicyclic) bond motifs is 4. The van der Waals surface area contributed by atoms with E-state index in [4.69, 9.17) is 57.8 Å². The van der Waals surface area contributed by atoms with E-state index in [1.807, 2.05) is 106 Å². The number of carbonyl (C=O) groups excluding carboxylic acids is 1. The topological polar surface area (TPSA) is 191 Å². The van der Waals surface area contributed by atoms with E-state index in [0.717, 1.165) is 11.1 Å². The van der Waals surface area contributed by atoms with E-state index in [1.54, 1.807) is 17.0 Å². The van der Waals surface area contributed by atoms with Crippen LogP contribution in [0.25, 0.3) is 65.9 Å². The molecule has 0 saturated carbocycles. The molecule has 0 unspecified atom stereocenters. The Balaban J connectivity index is 0.863. The van der Waals surface area contributed by atoms with Gasteiger partial charge in [0.2, 0.25) is 11.9 Å². The summed E-state index contributed by atoms with van der Waals surface area (Å²) < 4.78 is 41.7. The van der Waals surface area contributed by atoms with Gasteiger partial charge in [-0.25, -0.2) is 23.5 Å². The van der Waals surface area contributed by atoms with Gasteiger partial charge in [-0.2, -0.15) is 25.2 Å². The average molecular weight is 1200 g/mol. The maximum Gasteiger partial charge on any atom is 0.410 e. The highest BCUT2D eigenvalue weighted by atomic mass is 35.5. The fourth-order valence-corrected chi connectivity index (χ4v) is 13.1. The number of rotatable bonds is 12. The summed E-state index contributed by atoms with van der Waals surface area (Å²) in [7, 11) is 8.16. The molecule has 12 rings (SSSR count). The summed E-state index contributed by atoms with van der Waals surface area (Å²) in [4.78, 5) is 55.0. The Morgan fingerprint density at radius 1 is 0.647 bits per heavy atom. The van der Waals surface area contributed by atoms with E-state index in [9.17, 15) is 9.90 Å². The molecule has 20 nitrogen and oxygen atoms in total. The summed E-state index contributed by atoms with van der Waals surface area (Å²) in [6.07, 6.45) is -0.383. The zero-order chi connectivity index (χ0) is 60.4. The Labute approximate surface area is 502 Å². The number of aryl methyl sites for hydroxylation is 2.